The number of carboxylic acid groups (broad SMARTS) is 1. The normalized spacial score (nSPS) is 13.2. The third-order valence-electron chi connectivity index (χ3n) is 3.12. The largest absolute Gasteiger partial charge is 0.476 e. The quantitative estimate of drug-likeness (QED) is 0.645. The maximum atomic E-state index is 10.7. The van der Waals surface area contributed by atoms with Gasteiger partial charge in [-0.15, -0.1) is 0 Å². The molecule has 0 saturated carbocycles. The summed E-state index contributed by atoms with van der Waals surface area (Å²) in [6, 6.07) is 6.10. The van der Waals surface area contributed by atoms with Gasteiger partial charge in [0, 0.05) is 0 Å². The Balaban J connectivity index is 3.26. The molecule has 21 heavy (non-hydrogen) atoms. The molecule has 0 aliphatic rings. The average Bonchev–Trinajstić information content (AvgIpc) is 2.33. The summed E-state index contributed by atoms with van der Waals surface area (Å²) in [4.78, 5) is 10.7. The fourth-order valence-electron chi connectivity index (χ4n) is 1.72. The van der Waals surface area contributed by atoms with Crippen molar-refractivity contribution in [3.8, 4) is 0 Å². The predicted molar refractivity (Wildman–Crippen MR) is 88.4 cm³/mol. The molecule has 1 aromatic rings. The number of carbonyl (C=O) groups is 1. The molecular formula is C16H23ClN2O2. The molecule has 0 radical (unpaired) electrons. The summed E-state index contributed by atoms with van der Waals surface area (Å²) in [5.74, 6) is -1.26. The zero-order valence-electron chi connectivity index (χ0n) is 13.4. The van der Waals surface area contributed by atoms with Crippen LogP contribution in [0.4, 0.5) is 5.69 Å². The molecule has 0 saturated heterocycles. The molecule has 116 valence electrons. The summed E-state index contributed by atoms with van der Waals surface area (Å²) in [7, 11) is 0. The number of nitrogens with one attached hydrogen (secondary N) is 1. The van der Waals surface area contributed by atoms with Gasteiger partial charge in [0.25, 0.3) is 0 Å². The highest BCUT2D eigenvalue weighted by molar-refractivity contribution is 6.81. The Bertz CT molecular complexity index is 534. The first-order valence-corrected chi connectivity index (χ1v) is 7.17. The van der Waals surface area contributed by atoms with Gasteiger partial charge < -0.3 is 5.11 Å². The molecule has 2 N–H and O–H groups in total. The van der Waals surface area contributed by atoms with Crippen molar-refractivity contribution in [3.05, 3.63) is 29.3 Å². The molecule has 1 aromatic carbocycles. The second-order valence-electron chi connectivity index (χ2n) is 7.12. The van der Waals surface area contributed by atoms with E-state index in [4.69, 9.17) is 16.7 Å². The van der Waals surface area contributed by atoms with Gasteiger partial charge in [-0.25, -0.2) is 4.79 Å². The van der Waals surface area contributed by atoms with Gasteiger partial charge in [-0.1, -0.05) is 59.2 Å². The first kappa shape index (κ1) is 17.5. The number of aliphatic carboxylic acids is 1. The third kappa shape index (κ3) is 5.05. The molecule has 0 bridgehead atoms. The molecule has 0 heterocycles. The van der Waals surface area contributed by atoms with Crippen LogP contribution in [0.3, 0.4) is 0 Å². The second kappa shape index (κ2) is 6.06. The van der Waals surface area contributed by atoms with E-state index in [1.165, 1.54) is 0 Å². The fraction of sp³-hybridized carbons (Fsp3) is 0.500. The second-order valence-corrected chi connectivity index (χ2v) is 7.48. The van der Waals surface area contributed by atoms with E-state index in [1.807, 2.05) is 12.1 Å². The van der Waals surface area contributed by atoms with Crippen molar-refractivity contribution in [2.24, 2.45) is 5.10 Å². The van der Waals surface area contributed by atoms with Crippen molar-refractivity contribution in [1.82, 2.24) is 0 Å². The zero-order valence-corrected chi connectivity index (χ0v) is 14.2. The van der Waals surface area contributed by atoms with Gasteiger partial charge in [0.2, 0.25) is 5.17 Å². The summed E-state index contributed by atoms with van der Waals surface area (Å²) in [5.41, 5.74) is 5.73. The van der Waals surface area contributed by atoms with Crippen LogP contribution >= 0.6 is 11.6 Å². The van der Waals surface area contributed by atoms with Crippen LogP contribution in [0, 0.1) is 0 Å². The van der Waals surface area contributed by atoms with Crippen molar-refractivity contribution in [3.63, 3.8) is 0 Å². The van der Waals surface area contributed by atoms with Crippen molar-refractivity contribution >= 4 is 28.4 Å². The van der Waals surface area contributed by atoms with Gasteiger partial charge in [0.1, 0.15) is 0 Å². The van der Waals surface area contributed by atoms with Crippen molar-refractivity contribution < 1.29 is 9.90 Å². The van der Waals surface area contributed by atoms with Gasteiger partial charge in [0.05, 0.1) is 5.69 Å². The molecule has 0 aromatic heterocycles. The van der Waals surface area contributed by atoms with Crippen LogP contribution in [0.1, 0.15) is 52.7 Å². The molecular weight excluding hydrogens is 288 g/mol. The third-order valence-corrected chi connectivity index (χ3v) is 3.37. The van der Waals surface area contributed by atoms with Crippen molar-refractivity contribution in [1.29, 1.82) is 0 Å². The standard InChI is InChI=1S/C16H23ClN2O2/c1-15(2,3)10-7-11(16(4,5)6)9-12(8-10)18-19-13(17)14(20)21/h7-9,18H,1-6H3,(H,20,21). The molecule has 4 nitrogen and oxygen atoms in total. The van der Waals surface area contributed by atoms with Crippen LogP contribution in [0.5, 0.6) is 0 Å². The van der Waals surface area contributed by atoms with E-state index in [-0.39, 0.29) is 10.8 Å². The molecule has 0 unspecified atom stereocenters. The molecule has 5 heteroatoms. The first-order chi connectivity index (χ1) is 9.41. The van der Waals surface area contributed by atoms with Crippen LogP contribution < -0.4 is 5.43 Å². The Hall–Kier alpha value is -1.55. The van der Waals surface area contributed by atoms with Crippen LogP contribution in [0.15, 0.2) is 23.3 Å². The van der Waals surface area contributed by atoms with Crippen molar-refractivity contribution in [2.45, 2.75) is 52.4 Å². The van der Waals surface area contributed by atoms with Gasteiger partial charge in [-0.2, -0.15) is 5.10 Å². The lowest BCUT2D eigenvalue weighted by Gasteiger charge is -2.26. The van der Waals surface area contributed by atoms with Gasteiger partial charge in [0.15, 0.2) is 0 Å². The Morgan fingerprint density at radius 3 is 1.81 bits per heavy atom. The minimum absolute atomic E-state index is 0.0159. The molecule has 1 rings (SSSR count). The summed E-state index contributed by atoms with van der Waals surface area (Å²) < 4.78 is 0. The minimum Gasteiger partial charge on any atom is -0.476 e. The monoisotopic (exact) mass is 310 g/mol. The number of rotatable bonds is 3. The van der Waals surface area contributed by atoms with E-state index in [9.17, 15) is 4.79 Å². The number of halogens is 1. The highest BCUT2D eigenvalue weighted by atomic mass is 35.5. The fourth-order valence-corrected chi connectivity index (χ4v) is 1.76. The number of hydrogen-bond donors (Lipinski definition) is 2. The molecule has 0 spiro atoms. The minimum atomic E-state index is -1.26. The Morgan fingerprint density at radius 2 is 1.48 bits per heavy atom. The SMILES string of the molecule is CC(C)(C)c1cc(NN=C(Cl)C(=O)O)cc(C(C)(C)C)c1. The van der Waals surface area contributed by atoms with E-state index < -0.39 is 11.1 Å². The Morgan fingerprint density at radius 1 is 1.05 bits per heavy atom. The highest BCUT2D eigenvalue weighted by Crippen LogP contribution is 2.32. The summed E-state index contributed by atoms with van der Waals surface area (Å²) >= 11 is 5.51. The van der Waals surface area contributed by atoms with E-state index in [2.05, 4.69) is 58.1 Å². The number of hydrogen-bond acceptors (Lipinski definition) is 3. The molecule has 0 fully saturated rings. The summed E-state index contributed by atoms with van der Waals surface area (Å²) in [6.45, 7) is 12.8. The van der Waals surface area contributed by atoms with Crippen LogP contribution in [0.2, 0.25) is 0 Å². The first-order valence-electron chi connectivity index (χ1n) is 6.80. The Kier molecular flexibility index (Phi) is 5.05. The predicted octanol–water partition coefficient (Wildman–Crippen LogP) is 4.33. The Labute approximate surface area is 131 Å². The van der Waals surface area contributed by atoms with Crippen molar-refractivity contribution in [2.75, 3.05) is 5.43 Å². The van der Waals surface area contributed by atoms with Crippen LogP contribution in [-0.2, 0) is 15.6 Å². The average molecular weight is 311 g/mol. The molecule has 0 amide bonds. The number of carboxylic acids is 1. The number of anilines is 1. The van der Waals surface area contributed by atoms with E-state index in [0.29, 0.717) is 0 Å². The van der Waals surface area contributed by atoms with Gasteiger partial charge in [-0.05, 0) is 34.1 Å². The number of benzene rings is 1. The number of hydrazone groups is 1. The zero-order chi connectivity index (χ0) is 16.4. The smallest absolute Gasteiger partial charge is 0.368 e. The van der Waals surface area contributed by atoms with Crippen LogP contribution in [-0.4, -0.2) is 16.2 Å². The lowest BCUT2D eigenvalue weighted by Crippen LogP contribution is -2.17. The lowest BCUT2D eigenvalue weighted by atomic mass is 9.80. The van der Waals surface area contributed by atoms with E-state index in [1.54, 1.807) is 0 Å². The molecule has 0 aliphatic heterocycles. The lowest BCUT2D eigenvalue weighted by molar-refractivity contribution is -0.129. The van der Waals surface area contributed by atoms with Gasteiger partial charge >= 0.3 is 5.97 Å². The van der Waals surface area contributed by atoms with E-state index in [0.717, 1.165) is 16.8 Å². The topological polar surface area (TPSA) is 61.7 Å². The van der Waals surface area contributed by atoms with Gasteiger partial charge in [-0.3, -0.25) is 5.43 Å². The highest BCUT2D eigenvalue weighted by Gasteiger charge is 2.20. The van der Waals surface area contributed by atoms with Crippen LogP contribution in [0.25, 0.3) is 0 Å². The number of nitrogens with zero attached hydrogens (tertiary/aromatic N) is 1. The maximum Gasteiger partial charge on any atom is 0.368 e. The van der Waals surface area contributed by atoms with E-state index >= 15 is 0 Å². The summed E-state index contributed by atoms with van der Waals surface area (Å²) in [6.07, 6.45) is 0. The molecule has 0 aliphatic carbocycles. The molecule has 0 atom stereocenters. The maximum absolute atomic E-state index is 10.7. The summed E-state index contributed by atoms with van der Waals surface area (Å²) in [5, 5.41) is 11.9.